The number of ether oxygens (including phenoxy) is 2. The van der Waals surface area contributed by atoms with Crippen LogP contribution < -0.4 is 4.74 Å². The first-order valence-corrected chi connectivity index (χ1v) is 10.3. The van der Waals surface area contributed by atoms with Crippen LogP contribution in [0.15, 0.2) is 42.5 Å². The summed E-state index contributed by atoms with van der Waals surface area (Å²) in [5.74, 6) is 0.964. The van der Waals surface area contributed by atoms with Gasteiger partial charge in [0.25, 0.3) is 0 Å². The van der Waals surface area contributed by atoms with Gasteiger partial charge in [0.05, 0.1) is 19.8 Å². The number of piperidine rings is 1. The van der Waals surface area contributed by atoms with Gasteiger partial charge in [-0.15, -0.1) is 0 Å². The van der Waals surface area contributed by atoms with Crippen LogP contribution in [0.3, 0.4) is 0 Å². The quantitative estimate of drug-likeness (QED) is 0.819. The molecule has 2 aromatic rings. The number of aryl methyl sites for hydroxylation is 1. The molecule has 1 saturated heterocycles. The van der Waals surface area contributed by atoms with E-state index in [4.69, 9.17) is 9.47 Å². The number of methoxy groups -OCH3 is 1. The lowest BCUT2D eigenvalue weighted by Gasteiger charge is -2.41. The summed E-state index contributed by atoms with van der Waals surface area (Å²) in [4.78, 5) is 2.63. The highest BCUT2D eigenvalue weighted by Gasteiger charge is 2.41. The van der Waals surface area contributed by atoms with Crippen LogP contribution in [0.4, 0.5) is 0 Å². The average molecular weight is 364 g/mol. The molecule has 0 aromatic heterocycles. The highest BCUT2D eigenvalue weighted by Crippen LogP contribution is 2.46. The molecule has 142 valence electrons. The molecule has 2 aromatic carbocycles. The Bertz CT molecular complexity index is 823. The number of nitrogens with zero attached hydrogens (tertiary/aromatic N) is 1. The molecule has 3 aliphatic rings. The molecule has 0 N–H and O–H groups in total. The molecule has 2 aliphatic heterocycles. The fourth-order valence-electron chi connectivity index (χ4n) is 5.52. The molecule has 0 saturated carbocycles. The Morgan fingerprint density at radius 3 is 2.70 bits per heavy atom. The second-order valence-electron chi connectivity index (χ2n) is 8.47. The van der Waals surface area contributed by atoms with Gasteiger partial charge in [0, 0.05) is 18.5 Å². The topological polar surface area (TPSA) is 21.7 Å². The summed E-state index contributed by atoms with van der Waals surface area (Å²) in [6, 6.07) is 15.5. The fourth-order valence-corrected chi connectivity index (χ4v) is 5.52. The first-order chi connectivity index (χ1) is 13.3. The first kappa shape index (κ1) is 17.3. The Labute approximate surface area is 162 Å². The largest absolute Gasteiger partial charge is 0.496 e. The molecule has 27 heavy (non-hydrogen) atoms. The molecular formula is C24H29NO2. The van der Waals surface area contributed by atoms with E-state index in [0.717, 1.165) is 18.7 Å². The van der Waals surface area contributed by atoms with Crippen LogP contribution in [-0.4, -0.2) is 37.7 Å². The highest BCUT2D eigenvalue weighted by atomic mass is 16.5. The second-order valence-corrected chi connectivity index (χ2v) is 8.47. The van der Waals surface area contributed by atoms with E-state index in [9.17, 15) is 0 Å². The summed E-state index contributed by atoms with van der Waals surface area (Å²) < 4.78 is 11.7. The van der Waals surface area contributed by atoms with Crippen molar-refractivity contribution in [2.45, 2.75) is 50.2 Å². The molecule has 1 spiro atoms. The monoisotopic (exact) mass is 363 g/mol. The zero-order valence-electron chi connectivity index (χ0n) is 16.2. The lowest BCUT2D eigenvalue weighted by Crippen LogP contribution is -2.45. The molecule has 0 radical (unpaired) electrons. The lowest BCUT2D eigenvalue weighted by atomic mass is 9.74. The van der Waals surface area contributed by atoms with Crippen molar-refractivity contribution >= 4 is 0 Å². The first-order valence-electron chi connectivity index (χ1n) is 10.3. The van der Waals surface area contributed by atoms with Gasteiger partial charge in [-0.2, -0.15) is 0 Å². The summed E-state index contributed by atoms with van der Waals surface area (Å²) in [5, 5.41) is 0. The van der Waals surface area contributed by atoms with E-state index in [0.29, 0.717) is 18.1 Å². The van der Waals surface area contributed by atoms with Crippen molar-refractivity contribution < 1.29 is 9.47 Å². The molecule has 1 unspecified atom stereocenters. The van der Waals surface area contributed by atoms with Gasteiger partial charge in [0.1, 0.15) is 5.75 Å². The molecule has 1 atom stereocenters. The van der Waals surface area contributed by atoms with Crippen molar-refractivity contribution in [1.29, 1.82) is 0 Å². The van der Waals surface area contributed by atoms with Gasteiger partial charge >= 0.3 is 0 Å². The van der Waals surface area contributed by atoms with Gasteiger partial charge in [-0.3, -0.25) is 0 Å². The van der Waals surface area contributed by atoms with Crippen LogP contribution in [-0.2, 0) is 29.6 Å². The number of hydrogen-bond donors (Lipinski definition) is 0. The molecule has 1 aliphatic carbocycles. The van der Waals surface area contributed by atoms with Crippen molar-refractivity contribution in [2.75, 3.05) is 26.7 Å². The van der Waals surface area contributed by atoms with Crippen molar-refractivity contribution in [2.24, 2.45) is 0 Å². The van der Waals surface area contributed by atoms with E-state index in [-0.39, 0.29) is 0 Å². The maximum absolute atomic E-state index is 6.20. The van der Waals surface area contributed by atoms with E-state index < -0.39 is 0 Å². The molecule has 2 heterocycles. The van der Waals surface area contributed by atoms with E-state index in [1.54, 1.807) is 18.2 Å². The third-order valence-electron chi connectivity index (χ3n) is 7.10. The normalized spacial score (nSPS) is 23.8. The summed E-state index contributed by atoms with van der Waals surface area (Å²) in [6.07, 6.45) is 6.49. The number of hydrogen-bond acceptors (Lipinski definition) is 3. The molecule has 1 fully saturated rings. The number of likely N-dealkylation sites (tertiary alicyclic amines) is 1. The number of rotatable bonds is 3. The van der Waals surface area contributed by atoms with Crippen LogP contribution in [0.5, 0.6) is 5.75 Å². The van der Waals surface area contributed by atoms with Crippen LogP contribution >= 0.6 is 0 Å². The van der Waals surface area contributed by atoms with Gasteiger partial charge in [-0.05, 0) is 66.9 Å². The van der Waals surface area contributed by atoms with E-state index in [2.05, 4.69) is 41.3 Å². The smallest absolute Gasteiger partial charge is 0.124 e. The zero-order valence-corrected chi connectivity index (χ0v) is 16.2. The van der Waals surface area contributed by atoms with E-state index in [1.807, 2.05) is 6.07 Å². The minimum Gasteiger partial charge on any atom is -0.496 e. The van der Waals surface area contributed by atoms with Crippen molar-refractivity contribution in [3.8, 4) is 5.75 Å². The molecule has 3 heteroatoms. The Morgan fingerprint density at radius 1 is 1.04 bits per heavy atom. The SMILES string of the molecule is COc1cccc2c1COC(CN1CCC3(CCc4ccccc43)CC1)C2. The highest BCUT2D eigenvalue weighted by molar-refractivity contribution is 5.41. The Morgan fingerprint density at radius 2 is 1.85 bits per heavy atom. The molecule has 0 bridgehead atoms. The maximum atomic E-state index is 6.20. The average Bonchev–Trinajstić information content (AvgIpc) is 3.08. The van der Waals surface area contributed by atoms with Gasteiger partial charge in [0.15, 0.2) is 0 Å². The zero-order chi connectivity index (χ0) is 18.3. The van der Waals surface area contributed by atoms with Crippen molar-refractivity contribution in [3.63, 3.8) is 0 Å². The van der Waals surface area contributed by atoms with Gasteiger partial charge in [0.2, 0.25) is 0 Å². The maximum Gasteiger partial charge on any atom is 0.124 e. The lowest BCUT2D eigenvalue weighted by molar-refractivity contribution is -0.00408. The Balaban J connectivity index is 1.22. The second kappa shape index (κ2) is 6.96. The Kier molecular flexibility index (Phi) is 4.45. The minimum absolute atomic E-state index is 0.300. The third kappa shape index (κ3) is 3.07. The number of fused-ring (bicyclic) bond motifs is 3. The summed E-state index contributed by atoms with van der Waals surface area (Å²) in [6.45, 7) is 4.11. The predicted molar refractivity (Wildman–Crippen MR) is 107 cm³/mol. The summed E-state index contributed by atoms with van der Waals surface area (Å²) >= 11 is 0. The predicted octanol–water partition coefficient (Wildman–Crippen LogP) is 4.12. The molecular weight excluding hydrogens is 334 g/mol. The van der Waals surface area contributed by atoms with Crippen molar-refractivity contribution in [3.05, 3.63) is 64.7 Å². The number of benzene rings is 2. The van der Waals surface area contributed by atoms with Crippen molar-refractivity contribution in [1.82, 2.24) is 4.90 Å². The minimum atomic E-state index is 0.300. The molecule has 0 amide bonds. The fraction of sp³-hybridized carbons (Fsp3) is 0.500. The van der Waals surface area contributed by atoms with Crippen LogP contribution in [0.2, 0.25) is 0 Å². The molecule has 3 nitrogen and oxygen atoms in total. The van der Waals surface area contributed by atoms with Crippen LogP contribution in [0.25, 0.3) is 0 Å². The van der Waals surface area contributed by atoms with Gasteiger partial charge < -0.3 is 14.4 Å². The summed E-state index contributed by atoms with van der Waals surface area (Å²) in [5.41, 5.74) is 6.30. The van der Waals surface area contributed by atoms with E-state index in [1.165, 1.54) is 49.9 Å². The van der Waals surface area contributed by atoms with E-state index >= 15 is 0 Å². The third-order valence-corrected chi connectivity index (χ3v) is 7.10. The van der Waals surface area contributed by atoms with Gasteiger partial charge in [-0.1, -0.05) is 36.4 Å². The van der Waals surface area contributed by atoms with Crippen LogP contribution in [0, 0.1) is 0 Å². The standard InChI is InChI=1S/C24H29NO2/c1-26-23-8-4-6-19-15-20(27-17-21(19)23)16-25-13-11-24(12-14-25)10-9-18-5-2-3-7-22(18)24/h2-8,20H,9-17H2,1H3. The van der Waals surface area contributed by atoms with Gasteiger partial charge in [-0.25, -0.2) is 0 Å². The van der Waals surface area contributed by atoms with Crippen LogP contribution in [0.1, 0.15) is 41.5 Å². The summed E-state index contributed by atoms with van der Waals surface area (Å²) in [7, 11) is 1.74. The Hall–Kier alpha value is -1.84. The molecule has 5 rings (SSSR count).